The molecule has 1 amide bonds. The van der Waals surface area contributed by atoms with E-state index in [1.807, 2.05) is 13.8 Å². The Balaban J connectivity index is 1.33. The van der Waals surface area contributed by atoms with E-state index in [0.717, 1.165) is 57.0 Å². The molecule has 4 rings (SSSR count). The highest BCUT2D eigenvalue weighted by Crippen LogP contribution is 2.34. The standard InChI is InChI=1S/C27H38N4O4/c1-19(2)23-14-24(26(33)15-25(23)32)27(34)31-17-21-4-3-20(13-22(21)18-31)16-30-8-6-29(7-9-30)10-12-35-11-5-28/h3-4,13-15,19,32-33H,5-12,16-18,28H2,1-2H3. The molecule has 0 aromatic heterocycles. The summed E-state index contributed by atoms with van der Waals surface area (Å²) in [4.78, 5) is 19.9. The summed E-state index contributed by atoms with van der Waals surface area (Å²) >= 11 is 0. The van der Waals surface area contributed by atoms with Crippen molar-refractivity contribution in [1.29, 1.82) is 0 Å². The van der Waals surface area contributed by atoms with Gasteiger partial charge in [-0.15, -0.1) is 0 Å². The van der Waals surface area contributed by atoms with Crippen molar-refractivity contribution in [3.63, 3.8) is 0 Å². The molecule has 4 N–H and O–H groups in total. The minimum atomic E-state index is -0.214. The van der Waals surface area contributed by atoms with Gasteiger partial charge in [-0.05, 0) is 34.2 Å². The van der Waals surface area contributed by atoms with Crippen molar-refractivity contribution in [2.75, 3.05) is 52.5 Å². The molecule has 1 fully saturated rings. The van der Waals surface area contributed by atoms with Gasteiger partial charge in [0.05, 0.1) is 18.8 Å². The second kappa shape index (κ2) is 11.4. The fraction of sp³-hybridized carbons (Fsp3) is 0.519. The number of carbonyl (C=O) groups excluding carboxylic acids is 1. The minimum absolute atomic E-state index is 0.0177. The second-order valence-corrected chi connectivity index (χ2v) is 9.87. The molecule has 2 aromatic rings. The molecule has 0 radical (unpaired) electrons. The largest absolute Gasteiger partial charge is 0.508 e. The van der Waals surface area contributed by atoms with Gasteiger partial charge in [0.2, 0.25) is 0 Å². The van der Waals surface area contributed by atoms with E-state index < -0.39 is 0 Å². The van der Waals surface area contributed by atoms with Crippen molar-refractivity contribution >= 4 is 5.91 Å². The number of nitrogens with two attached hydrogens (primary N) is 1. The maximum Gasteiger partial charge on any atom is 0.258 e. The van der Waals surface area contributed by atoms with Crippen LogP contribution in [0.3, 0.4) is 0 Å². The van der Waals surface area contributed by atoms with Crippen molar-refractivity contribution in [2.24, 2.45) is 5.73 Å². The summed E-state index contributed by atoms with van der Waals surface area (Å²) in [6, 6.07) is 9.40. The van der Waals surface area contributed by atoms with Crippen LogP contribution < -0.4 is 5.73 Å². The fourth-order valence-corrected chi connectivity index (χ4v) is 4.90. The van der Waals surface area contributed by atoms with Crippen LogP contribution >= 0.6 is 0 Å². The molecule has 0 unspecified atom stereocenters. The van der Waals surface area contributed by atoms with E-state index in [0.29, 0.717) is 31.8 Å². The first-order valence-electron chi connectivity index (χ1n) is 12.5. The van der Waals surface area contributed by atoms with Crippen LogP contribution in [0.5, 0.6) is 11.5 Å². The maximum absolute atomic E-state index is 13.2. The lowest BCUT2D eigenvalue weighted by atomic mass is 9.98. The van der Waals surface area contributed by atoms with E-state index in [-0.39, 0.29) is 28.9 Å². The van der Waals surface area contributed by atoms with E-state index in [1.165, 1.54) is 11.6 Å². The van der Waals surface area contributed by atoms with E-state index >= 15 is 0 Å². The third kappa shape index (κ3) is 6.13. The minimum Gasteiger partial charge on any atom is -0.508 e. The molecule has 0 bridgehead atoms. The number of hydrogen-bond acceptors (Lipinski definition) is 7. The van der Waals surface area contributed by atoms with Crippen LogP contribution in [0.15, 0.2) is 30.3 Å². The average molecular weight is 483 g/mol. The normalized spacial score (nSPS) is 16.7. The molecule has 0 spiro atoms. The number of aromatic hydroxyl groups is 2. The van der Waals surface area contributed by atoms with Crippen molar-refractivity contribution in [3.8, 4) is 11.5 Å². The number of hydrogen-bond donors (Lipinski definition) is 3. The van der Waals surface area contributed by atoms with Gasteiger partial charge in [-0.2, -0.15) is 0 Å². The van der Waals surface area contributed by atoms with Gasteiger partial charge in [-0.3, -0.25) is 14.6 Å². The number of nitrogens with zero attached hydrogens (tertiary/aromatic N) is 3. The number of fused-ring (bicyclic) bond motifs is 1. The van der Waals surface area contributed by atoms with Crippen molar-refractivity contribution < 1.29 is 19.7 Å². The van der Waals surface area contributed by atoms with Crippen LogP contribution in [-0.4, -0.2) is 83.3 Å². The number of amides is 1. The van der Waals surface area contributed by atoms with Crippen molar-refractivity contribution in [1.82, 2.24) is 14.7 Å². The molecule has 2 heterocycles. The predicted octanol–water partition coefficient (Wildman–Crippen LogP) is 2.47. The first-order chi connectivity index (χ1) is 16.9. The Morgan fingerprint density at radius 1 is 0.971 bits per heavy atom. The van der Waals surface area contributed by atoms with E-state index in [4.69, 9.17) is 10.5 Å². The molecular weight excluding hydrogens is 444 g/mol. The topological polar surface area (TPSA) is 103 Å². The van der Waals surface area contributed by atoms with Gasteiger partial charge in [0.15, 0.2) is 0 Å². The summed E-state index contributed by atoms with van der Waals surface area (Å²) in [5.74, 6) is -0.330. The Morgan fingerprint density at radius 3 is 2.40 bits per heavy atom. The zero-order chi connectivity index (χ0) is 24.9. The van der Waals surface area contributed by atoms with Crippen molar-refractivity contribution in [2.45, 2.75) is 39.4 Å². The van der Waals surface area contributed by atoms with Crippen molar-refractivity contribution in [3.05, 3.63) is 58.1 Å². The summed E-state index contributed by atoms with van der Waals surface area (Å²) in [5.41, 5.74) is 9.93. The molecule has 35 heavy (non-hydrogen) atoms. The number of benzene rings is 2. The highest BCUT2D eigenvalue weighted by molar-refractivity contribution is 5.97. The Hall–Kier alpha value is -2.65. The summed E-state index contributed by atoms with van der Waals surface area (Å²) < 4.78 is 5.50. The number of phenolic OH excluding ortho intramolecular Hbond substituents is 2. The van der Waals surface area contributed by atoms with Gasteiger partial charge in [0.25, 0.3) is 5.91 Å². The second-order valence-electron chi connectivity index (χ2n) is 9.87. The third-order valence-electron chi connectivity index (χ3n) is 6.96. The van der Waals surface area contributed by atoms with Crippen LogP contribution in [0.25, 0.3) is 0 Å². The van der Waals surface area contributed by atoms with Gasteiger partial charge in [0, 0.05) is 65.0 Å². The predicted molar refractivity (Wildman–Crippen MR) is 135 cm³/mol. The first-order valence-corrected chi connectivity index (χ1v) is 12.5. The Bertz CT molecular complexity index is 1030. The zero-order valence-electron chi connectivity index (χ0n) is 20.9. The molecule has 8 heteroatoms. The average Bonchev–Trinajstić information content (AvgIpc) is 3.26. The van der Waals surface area contributed by atoms with Gasteiger partial charge in [-0.1, -0.05) is 32.0 Å². The molecule has 0 saturated carbocycles. The van der Waals surface area contributed by atoms with Gasteiger partial charge in [0.1, 0.15) is 11.5 Å². The summed E-state index contributed by atoms with van der Waals surface area (Å²) in [5, 5.41) is 20.4. The highest BCUT2D eigenvalue weighted by atomic mass is 16.5. The lowest BCUT2D eigenvalue weighted by Gasteiger charge is -2.34. The molecule has 1 saturated heterocycles. The van der Waals surface area contributed by atoms with Crippen LogP contribution in [-0.2, 0) is 24.4 Å². The number of phenols is 2. The molecule has 2 aromatic carbocycles. The lowest BCUT2D eigenvalue weighted by Crippen LogP contribution is -2.46. The summed E-state index contributed by atoms with van der Waals surface area (Å²) in [6.07, 6.45) is 0. The highest BCUT2D eigenvalue weighted by Gasteiger charge is 2.27. The Kier molecular flexibility index (Phi) is 8.28. The van der Waals surface area contributed by atoms with Gasteiger partial charge >= 0.3 is 0 Å². The quantitative estimate of drug-likeness (QED) is 0.472. The van der Waals surface area contributed by atoms with E-state index in [9.17, 15) is 15.0 Å². The fourth-order valence-electron chi connectivity index (χ4n) is 4.90. The SMILES string of the molecule is CC(C)c1cc(C(=O)N2Cc3ccc(CN4CCN(CCOCCN)CC4)cc3C2)c(O)cc1O. The molecule has 190 valence electrons. The molecule has 8 nitrogen and oxygen atoms in total. The summed E-state index contributed by atoms with van der Waals surface area (Å²) in [6.45, 7) is 12.8. The zero-order valence-corrected chi connectivity index (χ0v) is 20.9. The number of ether oxygens (including phenoxy) is 1. The van der Waals surface area contributed by atoms with Gasteiger partial charge in [-0.25, -0.2) is 0 Å². The lowest BCUT2D eigenvalue weighted by molar-refractivity contribution is 0.0748. The van der Waals surface area contributed by atoms with Gasteiger partial charge < -0.3 is 25.6 Å². The molecule has 0 atom stereocenters. The first kappa shape index (κ1) is 25.4. The number of piperazine rings is 1. The van der Waals surface area contributed by atoms with Crippen LogP contribution in [0, 0.1) is 0 Å². The molecule has 2 aliphatic rings. The van der Waals surface area contributed by atoms with Crippen LogP contribution in [0.4, 0.5) is 0 Å². The van der Waals surface area contributed by atoms with E-state index in [2.05, 4.69) is 28.0 Å². The Labute approximate surface area is 207 Å². The van der Waals surface area contributed by atoms with Crippen LogP contribution in [0.2, 0.25) is 0 Å². The Morgan fingerprint density at radius 2 is 1.69 bits per heavy atom. The molecule has 2 aliphatic heterocycles. The number of carbonyl (C=O) groups is 1. The third-order valence-corrected chi connectivity index (χ3v) is 6.96. The van der Waals surface area contributed by atoms with Crippen LogP contribution in [0.1, 0.15) is 52.4 Å². The molecular formula is C27H38N4O4. The monoisotopic (exact) mass is 482 g/mol. The maximum atomic E-state index is 13.2. The summed E-state index contributed by atoms with van der Waals surface area (Å²) in [7, 11) is 0. The van der Waals surface area contributed by atoms with E-state index in [1.54, 1.807) is 11.0 Å². The molecule has 0 aliphatic carbocycles. The smallest absolute Gasteiger partial charge is 0.258 e. The number of rotatable bonds is 9.